The van der Waals surface area contributed by atoms with Crippen LogP contribution in [-0.2, 0) is 14.3 Å². The number of guanidine groups is 1. The molecular formula is C32H64N4O3. The maximum absolute atomic E-state index is 12.8. The van der Waals surface area contributed by atoms with Crippen molar-refractivity contribution in [3.63, 3.8) is 0 Å². The van der Waals surface area contributed by atoms with E-state index in [0.717, 1.165) is 25.7 Å². The van der Waals surface area contributed by atoms with Gasteiger partial charge < -0.3 is 21.5 Å². The third-order valence-electron chi connectivity index (χ3n) is 7.38. The molecule has 0 aliphatic heterocycles. The number of ether oxygens (including phenoxy) is 1. The van der Waals surface area contributed by atoms with E-state index in [1.54, 1.807) is 0 Å². The highest BCUT2D eigenvalue weighted by Crippen LogP contribution is 2.15. The molecule has 1 atom stereocenters. The number of hydrogen-bond acceptors (Lipinski definition) is 4. The Hall–Kier alpha value is -1.79. The molecule has 0 fully saturated rings. The third kappa shape index (κ3) is 27.6. The van der Waals surface area contributed by atoms with Crippen LogP contribution in [-0.4, -0.2) is 37.5 Å². The van der Waals surface area contributed by atoms with Gasteiger partial charge in [0.15, 0.2) is 5.96 Å². The summed E-state index contributed by atoms with van der Waals surface area (Å²) in [5.74, 6) is -0.700. The lowest BCUT2D eigenvalue weighted by molar-refractivity contribution is -0.147. The zero-order valence-electron chi connectivity index (χ0n) is 25.8. The van der Waals surface area contributed by atoms with Gasteiger partial charge in [-0.3, -0.25) is 14.6 Å². The van der Waals surface area contributed by atoms with E-state index in [1.807, 2.05) is 0 Å². The molecule has 0 saturated carbocycles. The molecule has 0 aromatic rings. The first-order valence-corrected chi connectivity index (χ1v) is 16.5. The Labute approximate surface area is 241 Å². The molecule has 0 unspecified atom stereocenters. The quantitative estimate of drug-likeness (QED) is 0.0383. The average Bonchev–Trinajstić information content (AvgIpc) is 2.91. The van der Waals surface area contributed by atoms with E-state index >= 15 is 0 Å². The largest absolute Gasteiger partial charge is 0.466 e. The van der Waals surface area contributed by atoms with Crippen molar-refractivity contribution in [3.8, 4) is 0 Å². The normalized spacial score (nSPS) is 11.7. The molecule has 39 heavy (non-hydrogen) atoms. The smallest absolute Gasteiger partial charge is 0.306 e. The summed E-state index contributed by atoms with van der Waals surface area (Å²) in [5.41, 5.74) is 10.8. The molecule has 0 bridgehead atoms. The highest BCUT2D eigenvalue weighted by atomic mass is 16.5. The minimum absolute atomic E-state index is 0.0489. The third-order valence-corrected chi connectivity index (χ3v) is 7.38. The van der Waals surface area contributed by atoms with Crippen LogP contribution in [0.2, 0.25) is 0 Å². The molecule has 0 heterocycles. The maximum atomic E-state index is 12.8. The Morgan fingerprint density at radius 2 is 1.13 bits per heavy atom. The lowest BCUT2D eigenvalue weighted by Crippen LogP contribution is -2.33. The fourth-order valence-electron chi connectivity index (χ4n) is 4.88. The van der Waals surface area contributed by atoms with Gasteiger partial charge >= 0.3 is 5.97 Å². The van der Waals surface area contributed by atoms with Crippen LogP contribution in [0.3, 0.4) is 0 Å². The number of nitrogens with one attached hydrogen (secondary N) is 1. The van der Waals surface area contributed by atoms with Crippen molar-refractivity contribution in [3.05, 3.63) is 0 Å². The van der Waals surface area contributed by atoms with E-state index in [0.29, 0.717) is 32.5 Å². The van der Waals surface area contributed by atoms with E-state index in [1.165, 1.54) is 103 Å². The van der Waals surface area contributed by atoms with Gasteiger partial charge in [-0.05, 0) is 25.7 Å². The second kappa shape index (κ2) is 29.2. The molecule has 0 aromatic carbocycles. The zero-order chi connectivity index (χ0) is 28.8. The number of amides is 1. The van der Waals surface area contributed by atoms with E-state index < -0.39 is 5.92 Å². The first-order valence-electron chi connectivity index (χ1n) is 16.5. The van der Waals surface area contributed by atoms with Gasteiger partial charge in [0.2, 0.25) is 5.91 Å². The second-order valence-corrected chi connectivity index (χ2v) is 11.2. The molecular weight excluding hydrogens is 488 g/mol. The zero-order valence-corrected chi connectivity index (χ0v) is 25.8. The number of aliphatic imine (C=N–C) groups is 1. The topological polar surface area (TPSA) is 120 Å². The van der Waals surface area contributed by atoms with Crippen molar-refractivity contribution in [1.29, 1.82) is 0 Å². The predicted octanol–water partition coefficient (Wildman–Crippen LogP) is 7.55. The van der Waals surface area contributed by atoms with Crippen molar-refractivity contribution in [1.82, 2.24) is 5.32 Å². The van der Waals surface area contributed by atoms with E-state index in [9.17, 15) is 9.59 Å². The van der Waals surface area contributed by atoms with Crippen LogP contribution in [0.15, 0.2) is 4.99 Å². The van der Waals surface area contributed by atoms with Crippen LogP contribution in [0.5, 0.6) is 0 Å². The molecule has 7 nitrogen and oxygen atoms in total. The molecule has 0 rings (SSSR count). The highest BCUT2D eigenvalue weighted by Gasteiger charge is 2.22. The summed E-state index contributed by atoms with van der Waals surface area (Å²) in [6, 6.07) is 0. The van der Waals surface area contributed by atoms with Crippen LogP contribution in [0.1, 0.15) is 162 Å². The summed E-state index contributed by atoms with van der Waals surface area (Å²) >= 11 is 0. The van der Waals surface area contributed by atoms with Gasteiger partial charge in [0.1, 0.15) is 0 Å². The van der Waals surface area contributed by atoms with Crippen LogP contribution in [0, 0.1) is 5.92 Å². The minimum Gasteiger partial charge on any atom is -0.466 e. The molecule has 0 aliphatic carbocycles. The average molecular weight is 553 g/mol. The molecule has 0 aliphatic rings. The standard InChI is InChI=1S/C32H64N4O3/c1-3-5-7-9-11-13-15-17-19-21-25-35-31(38)29(24-23-26-36-32(33)34)28-30(37)39-27-22-20-18-16-14-12-10-8-6-4-2/h29H,3-28H2,1-2H3,(H,35,38)(H4,33,34,36)/t29-/m1/s1. The van der Waals surface area contributed by atoms with Crippen molar-refractivity contribution < 1.29 is 14.3 Å². The van der Waals surface area contributed by atoms with Gasteiger partial charge in [-0.25, -0.2) is 0 Å². The Morgan fingerprint density at radius 3 is 1.62 bits per heavy atom. The van der Waals surface area contributed by atoms with Gasteiger partial charge in [0.25, 0.3) is 0 Å². The minimum atomic E-state index is -0.400. The Morgan fingerprint density at radius 1 is 0.667 bits per heavy atom. The summed E-state index contributed by atoms with van der Waals surface area (Å²) in [5, 5.41) is 3.04. The monoisotopic (exact) mass is 552 g/mol. The number of rotatable bonds is 29. The summed E-state index contributed by atoms with van der Waals surface area (Å²) in [6.45, 7) is 6.05. The number of carbonyl (C=O) groups excluding carboxylic acids is 2. The maximum Gasteiger partial charge on any atom is 0.306 e. The van der Waals surface area contributed by atoms with Crippen LogP contribution in [0.25, 0.3) is 0 Å². The van der Waals surface area contributed by atoms with Crippen molar-refractivity contribution in [2.45, 2.75) is 162 Å². The van der Waals surface area contributed by atoms with Crippen molar-refractivity contribution in [2.75, 3.05) is 19.7 Å². The Balaban J connectivity index is 4.10. The summed E-state index contributed by atoms with van der Waals surface area (Å²) in [7, 11) is 0. The molecule has 1 amide bonds. The molecule has 0 radical (unpaired) electrons. The van der Waals surface area contributed by atoms with E-state index in [-0.39, 0.29) is 24.3 Å². The fraction of sp³-hybridized carbons (Fsp3) is 0.906. The fourth-order valence-corrected chi connectivity index (χ4v) is 4.88. The summed E-state index contributed by atoms with van der Waals surface area (Å²) in [4.78, 5) is 29.3. The summed E-state index contributed by atoms with van der Waals surface area (Å²) < 4.78 is 5.46. The van der Waals surface area contributed by atoms with Crippen LogP contribution < -0.4 is 16.8 Å². The van der Waals surface area contributed by atoms with Gasteiger partial charge in [-0.2, -0.15) is 0 Å². The number of esters is 1. The SMILES string of the molecule is CCCCCCCCCCCCNC(=O)[C@H](CCCN=C(N)N)CC(=O)OCCCCCCCCCCCC. The molecule has 230 valence electrons. The lowest BCUT2D eigenvalue weighted by Gasteiger charge is -2.16. The Kier molecular flexibility index (Phi) is 27.9. The summed E-state index contributed by atoms with van der Waals surface area (Å²) in [6.07, 6.45) is 26.4. The number of nitrogens with two attached hydrogens (primary N) is 2. The van der Waals surface area contributed by atoms with Crippen molar-refractivity contribution in [2.24, 2.45) is 22.4 Å². The molecule has 7 heteroatoms. The second-order valence-electron chi connectivity index (χ2n) is 11.2. The molecule has 0 spiro atoms. The number of unbranched alkanes of at least 4 members (excludes halogenated alkanes) is 18. The highest BCUT2D eigenvalue weighted by molar-refractivity contribution is 5.83. The van der Waals surface area contributed by atoms with Crippen molar-refractivity contribution >= 4 is 17.8 Å². The predicted molar refractivity (Wildman–Crippen MR) is 166 cm³/mol. The van der Waals surface area contributed by atoms with Crippen LogP contribution in [0.4, 0.5) is 0 Å². The number of carbonyl (C=O) groups is 2. The first kappa shape index (κ1) is 37.2. The van der Waals surface area contributed by atoms with Gasteiger partial charge in [-0.1, -0.05) is 129 Å². The van der Waals surface area contributed by atoms with Gasteiger partial charge in [0, 0.05) is 19.0 Å². The number of nitrogens with zero attached hydrogens (tertiary/aromatic N) is 1. The Bertz CT molecular complexity index is 594. The van der Waals surface area contributed by atoms with Gasteiger partial charge in [0.05, 0.1) is 13.0 Å². The van der Waals surface area contributed by atoms with Gasteiger partial charge in [-0.15, -0.1) is 0 Å². The molecule has 0 aromatic heterocycles. The van der Waals surface area contributed by atoms with E-state index in [4.69, 9.17) is 16.2 Å². The first-order chi connectivity index (χ1) is 19.0. The number of hydrogen-bond donors (Lipinski definition) is 3. The lowest BCUT2D eigenvalue weighted by atomic mass is 9.98. The molecule has 5 N–H and O–H groups in total. The molecule has 0 saturated heterocycles. The van der Waals surface area contributed by atoms with E-state index in [2.05, 4.69) is 24.2 Å². The van der Waals surface area contributed by atoms with Crippen LogP contribution >= 0.6 is 0 Å².